The van der Waals surface area contributed by atoms with Crippen molar-refractivity contribution in [3.05, 3.63) is 64.7 Å². The Labute approximate surface area is 150 Å². The van der Waals surface area contributed by atoms with Crippen LogP contribution in [0.5, 0.6) is 5.75 Å². The van der Waals surface area contributed by atoms with Gasteiger partial charge in [-0.05, 0) is 36.4 Å². The molecule has 0 unspecified atom stereocenters. The Hall–Kier alpha value is -2.86. The minimum Gasteiger partial charge on any atom is -0.487 e. The molecular weight excluding hydrogens is 344 g/mol. The molecule has 25 heavy (non-hydrogen) atoms. The van der Waals surface area contributed by atoms with Crippen molar-refractivity contribution < 1.29 is 19.6 Å². The number of benzene rings is 2. The Morgan fingerprint density at radius 1 is 1.08 bits per heavy atom. The van der Waals surface area contributed by atoms with E-state index in [1.54, 1.807) is 36.4 Å². The second kappa shape index (κ2) is 8.84. The van der Waals surface area contributed by atoms with Crippen LogP contribution < -0.4 is 4.74 Å². The van der Waals surface area contributed by atoms with E-state index in [1.165, 1.54) is 14.0 Å². The summed E-state index contributed by atoms with van der Waals surface area (Å²) in [5, 5.41) is 16.5. The molecule has 0 aliphatic carbocycles. The molecule has 1 N–H and O–H groups in total. The molecule has 0 saturated heterocycles. The highest BCUT2D eigenvalue weighted by Gasteiger charge is 2.11. The molecule has 7 heteroatoms. The fourth-order valence-corrected chi connectivity index (χ4v) is 2.23. The van der Waals surface area contributed by atoms with Crippen LogP contribution >= 0.6 is 11.6 Å². The molecule has 0 aliphatic rings. The van der Waals surface area contributed by atoms with E-state index in [-0.39, 0.29) is 18.1 Å². The molecule has 6 nitrogen and oxygen atoms in total. The molecular formula is C18H17ClN2O4. The molecule has 0 heterocycles. The van der Waals surface area contributed by atoms with Crippen LogP contribution in [0.25, 0.3) is 0 Å². The van der Waals surface area contributed by atoms with Gasteiger partial charge in [0.25, 0.3) is 0 Å². The first kappa shape index (κ1) is 18.5. The lowest BCUT2D eigenvalue weighted by atomic mass is 10.1. The van der Waals surface area contributed by atoms with Gasteiger partial charge >= 0.3 is 0 Å². The van der Waals surface area contributed by atoms with Crippen LogP contribution in [0.1, 0.15) is 18.1 Å². The van der Waals surface area contributed by atoms with Crippen LogP contribution in [0.4, 0.5) is 0 Å². The Bertz CT molecular complexity index is 784. The SMILES string of the molecule is CO/N=C(/COc1ccc(/C(=N\O)C(C)=O)cc1)c1ccc(Cl)cc1. The lowest BCUT2D eigenvalue weighted by Gasteiger charge is -2.09. The number of oxime groups is 2. The average molecular weight is 361 g/mol. The Kier molecular flexibility index (Phi) is 6.54. The smallest absolute Gasteiger partial charge is 0.182 e. The second-order valence-corrected chi connectivity index (χ2v) is 5.48. The Balaban J connectivity index is 2.09. The van der Waals surface area contributed by atoms with Crippen LogP contribution in [-0.2, 0) is 9.63 Å². The number of ether oxygens (including phenoxy) is 1. The van der Waals surface area contributed by atoms with Crippen molar-refractivity contribution in [1.82, 2.24) is 0 Å². The zero-order valence-corrected chi connectivity index (χ0v) is 14.5. The summed E-state index contributed by atoms with van der Waals surface area (Å²) in [6, 6.07) is 13.8. The predicted molar refractivity (Wildman–Crippen MR) is 95.9 cm³/mol. The molecule has 2 rings (SSSR count). The number of carbonyl (C=O) groups is 1. The maximum atomic E-state index is 11.4. The molecule has 0 amide bonds. The van der Waals surface area contributed by atoms with E-state index < -0.39 is 0 Å². The van der Waals surface area contributed by atoms with Crippen molar-refractivity contribution in [3.8, 4) is 5.75 Å². The molecule has 130 valence electrons. The zero-order chi connectivity index (χ0) is 18.2. The number of carbonyl (C=O) groups excluding carboxylic acids is 1. The van der Waals surface area contributed by atoms with E-state index in [2.05, 4.69) is 10.3 Å². The maximum Gasteiger partial charge on any atom is 0.182 e. The van der Waals surface area contributed by atoms with E-state index in [1.807, 2.05) is 12.1 Å². The van der Waals surface area contributed by atoms with Gasteiger partial charge in [-0.1, -0.05) is 34.0 Å². The average Bonchev–Trinajstić information content (AvgIpc) is 2.61. The number of nitrogens with zero attached hydrogens (tertiary/aromatic N) is 2. The van der Waals surface area contributed by atoms with Gasteiger partial charge in [0, 0.05) is 23.1 Å². The molecule has 0 spiro atoms. The minimum atomic E-state index is -0.326. The molecule has 2 aromatic carbocycles. The maximum absolute atomic E-state index is 11.4. The standard InChI is InChI=1S/C18H17ClN2O4/c1-12(22)18(20-23)14-5-9-16(10-6-14)25-11-17(21-24-2)13-3-7-15(19)8-4-13/h3-10,23H,11H2,1-2H3/b20-18-,21-17-. The molecule has 0 saturated carbocycles. The number of Topliss-reactive ketones (excluding diaryl/α,β-unsaturated/α-hetero) is 1. The van der Waals surface area contributed by atoms with E-state index >= 15 is 0 Å². The minimum absolute atomic E-state index is 0.00523. The van der Waals surface area contributed by atoms with Crippen molar-refractivity contribution in [2.75, 3.05) is 13.7 Å². The summed E-state index contributed by atoms with van der Waals surface area (Å²) in [5.41, 5.74) is 1.93. The lowest BCUT2D eigenvalue weighted by Crippen LogP contribution is -2.14. The monoisotopic (exact) mass is 360 g/mol. The predicted octanol–water partition coefficient (Wildman–Crippen LogP) is 3.54. The number of rotatable bonds is 7. The van der Waals surface area contributed by atoms with Crippen LogP contribution in [-0.4, -0.2) is 36.1 Å². The third-order valence-electron chi connectivity index (χ3n) is 3.32. The number of halogens is 1. The molecule has 0 bridgehead atoms. The van der Waals surface area contributed by atoms with Gasteiger partial charge in [0.2, 0.25) is 0 Å². The van der Waals surface area contributed by atoms with E-state index in [9.17, 15) is 4.79 Å². The fraction of sp³-hybridized carbons (Fsp3) is 0.167. The van der Waals surface area contributed by atoms with Gasteiger partial charge < -0.3 is 14.8 Å². The van der Waals surface area contributed by atoms with E-state index in [0.29, 0.717) is 22.0 Å². The molecule has 0 atom stereocenters. The number of ketones is 1. The highest BCUT2D eigenvalue weighted by atomic mass is 35.5. The topological polar surface area (TPSA) is 80.5 Å². The first-order valence-corrected chi connectivity index (χ1v) is 7.75. The quantitative estimate of drug-likeness (QED) is 0.465. The number of hydrogen-bond donors (Lipinski definition) is 1. The molecule has 0 radical (unpaired) electrons. The third kappa shape index (κ3) is 5.06. The fourth-order valence-electron chi connectivity index (χ4n) is 2.11. The Morgan fingerprint density at radius 2 is 1.68 bits per heavy atom. The first-order chi connectivity index (χ1) is 12.0. The van der Waals surface area contributed by atoms with Crippen molar-refractivity contribution in [3.63, 3.8) is 0 Å². The van der Waals surface area contributed by atoms with Crippen molar-refractivity contribution in [2.24, 2.45) is 10.3 Å². The van der Waals surface area contributed by atoms with Gasteiger partial charge in [0.15, 0.2) is 11.5 Å². The van der Waals surface area contributed by atoms with Crippen molar-refractivity contribution >= 4 is 28.8 Å². The van der Waals surface area contributed by atoms with E-state index in [4.69, 9.17) is 26.4 Å². The summed E-state index contributed by atoms with van der Waals surface area (Å²) in [5.74, 6) is 0.246. The first-order valence-electron chi connectivity index (χ1n) is 7.37. The van der Waals surface area contributed by atoms with Crippen molar-refractivity contribution in [2.45, 2.75) is 6.92 Å². The summed E-state index contributed by atoms with van der Waals surface area (Å²) < 4.78 is 5.70. The van der Waals surface area contributed by atoms with Gasteiger partial charge in [-0.25, -0.2) is 0 Å². The molecule has 0 fully saturated rings. The highest BCUT2D eigenvalue weighted by molar-refractivity contribution is 6.45. The van der Waals surface area contributed by atoms with Crippen LogP contribution in [0.15, 0.2) is 58.8 Å². The highest BCUT2D eigenvalue weighted by Crippen LogP contribution is 2.15. The number of hydrogen-bond acceptors (Lipinski definition) is 6. The lowest BCUT2D eigenvalue weighted by molar-refractivity contribution is -0.111. The third-order valence-corrected chi connectivity index (χ3v) is 3.57. The summed E-state index contributed by atoms with van der Waals surface area (Å²) in [6.45, 7) is 1.52. The Morgan fingerprint density at radius 3 is 2.20 bits per heavy atom. The van der Waals surface area contributed by atoms with Crippen LogP contribution in [0, 0.1) is 0 Å². The van der Waals surface area contributed by atoms with Gasteiger partial charge in [0.1, 0.15) is 25.2 Å². The van der Waals surface area contributed by atoms with E-state index in [0.717, 1.165) is 5.56 Å². The summed E-state index contributed by atoms with van der Waals surface area (Å²) >= 11 is 5.89. The molecule has 0 aliphatic heterocycles. The summed E-state index contributed by atoms with van der Waals surface area (Å²) in [4.78, 5) is 16.2. The normalized spacial score (nSPS) is 12.0. The van der Waals surface area contributed by atoms with Gasteiger partial charge in [-0.3, -0.25) is 4.79 Å². The van der Waals surface area contributed by atoms with Crippen molar-refractivity contribution in [1.29, 1.82) is 0 Å². The van der Waals surface area contributed by atoms with Crippen LogP contribution in [0.2, 0.25) is 5.02 Å². The van der Waals surface area contributed by atoms with Gasteiger partial charge in [-0.15, -0.1) is 0 Å². The largest absolute Gasteiger partial charge is 0.487 e. The van der Waals surface area contributed by atoms with Gasteiger partial charge in [-0.2, -0.15) is 0 Å². The summed E-state index contributed by atoms with van der Waals surface area (Å²) in [7, 11) is 1.46. The molecule has 2 aromatic rings. The second-order valence-electron chi connectivity index (χ2n) is 5.05. The van der Waals surface area contributed by atoms with Gasteiger partial charge in [0.05, 0.1) is 0 Å². The summed E-state index contributed by atoms with van der Waals surface area (Å²) in [6.07, 6.45) is 0. The molecule has 0 aromatic heterocycles. The zero-order valence-electron chi connectivity index (χ0n) is 13.8. The van der Waals surface area contributed by atoms with Crippen LogP contribution in [0.3, 0.4) is 0 Å².